The Kier molecular flexibility index (Phi) is 5.87. The van der Waals surface area contributed by atoms with Crippen LogP contribution in [0.15, 0.2) is 48.6 Å². The lowest BCUT2D eigenvalue weighted by Gasteiger charge is -2.10. The Morgan fingerprint density at radius 3 is 2.27 bits per heavy atom. The Hall–Kier alpha value is -3.29. The number of nitrogens with zero attached hydrogens (tertiary/aromatic N) is 7. The molecule has 3 aromatic heterocycles. The maximum Gasteiger partial charge on any atom is 0.240 e. The average Bonchev–Trinajstić information content (AvgIpc) is 2.70. The highest BCUT2D eigenvalue weighted by Gasteiger charge is 2.09. The fourth-order valence-electron chi connectivity index (χ4n) is 2.35. The van der Waals surface area contributed by atoms with Crippen LogP contribution in [0.25, 0.3) is 23.2 Å². The summed E-state index contributed by atoms with van der Waals surface area (Å²) in [7, 11) is 0. The first-order valence-electron chi connectivity index (χ1n) is 8.57. The van der Waals surface area contributed by atoms with Gasteiger partial charge in [-0.2, -0.15) is 0 Å². The fourth-order valence-corrected chi connectivity index (χ4v) is 2.35. The summed E-state index contributed by atoms with van der Waals surface area (Å²) in [5, 5.41) is 19.6. The molecule has 26 heavy (non-hydrogen) atoms. The summed E-state index contributed by atoms with van der Waals surface area (Å²) in [6.07, 6.45) is 10.3. The van der Waals surface area contributed by atoms with Gasteiger partial charge < -0.3 is 5.32 Å². The largest absolute Gasteiger partial charge is 0.358 e. The fraction of sp³-hybridized carbons (Fsp3) is 0.278. The molecular weight excluding hydrogens is 328 g/mol. The van der Waals surface area contributed by atoms with E-state index in [1.807, 2.05) is 12.1 Å². The second-order valence-electron chi connectivity index (χ2n) is 5.56. The molecule has 0 atom stereocenters. The lowest BCUT2D eigenvalue weighted by Crippen LogP contribution is -2.03. The molecule has 8 nitrogen and oxygen atoms in total. The molecule has 132 valence electrons. The molecule has 1 N–H and O–H groups in total. The SMILES string of the molecule is CC/C=C(\CCC)Nc1ccc(-c2nnc(-c3ncccn3)nn2)nc1. The van der Waals surface area contributed by atoms with E-state index in [-0.39, 0.29) is 5.82 Å². The van der Waals surface area contributed by atoms with Crippen LogP contribution in [0.3, 0.4) is 0 Å². The highest BCUT2D eigenvalue weighted by atomic mass is 15.3. The van der Waals surface area contributed by atoms with Gasteiger partial charge in [-0.1, -0.05) is 26.3 Å². The van der Waals surface area contributed by atoms with Gasteiger partial charge in [0.15, 0.2) is 0 Å². The van der Waals surface area contributed by atoms with Crippen molar-refractivity contribution >= 4 is 5.69 Å². The predicted molar refractivity (Wildman–Crippen MR) is 98.8 cm³/mol. The Balaban J connectivity index is 1.73. The van der Waals surface area contributed by atoms with Gasteiger partial charge in [0, 0.05) is 18.1 Å². The maximum atomic E-state index is 4.40. The van der Waals surface area contributed by atoms with Crippen molar-refractivity contribution in [3.05, 3.63) is 48.6 Å². The van der Waals surface area contributed by atoms with Crippen LogP contribution in [0.2, 0.25) is 0 Å². The van der Waals surface area contributed by atoms with Crippen molar-refractivity contribution in [2.75, 3.05) is 5.32 Å². The van der Waals surface area contributed by atoms with E-state index in [4.69, 9.17) is 0 Å². The molecule has 0 bridgehead atoms. The average molecular weight is 348 g/mol. The maximum absolute atomic E-state index is 4.40. The zero-order valence-electron chi connectivity index (χ0n) is 14.8. The highest BCUT2D eigenvalue weighted by Crippen LogP contribution is 2.17. The number of allylic oxidation sites excluding steroid dienone is 2. The Labute approximate surface area is 151 Å². The van der Waals surface area contributed by atoms with Crippen LogP contribution < -0.4 is 5.32 Å². The summed E-state index contributed by atoms with van der Waals surface area (Å²) in [6, 6.07) is 5.51. The molecule has 3 aromatic rings. The van der Waals surface area contributed by atoms with Crippen molar-refractivity contribution in [2.45, 2.75) is 33.1 Å². The lowest BCUT2D eigenvalue weighted by molar-refractivity contribution is 0.857. The van der Waals surface area contributed by atoms with Gasteiger partial charge in [-0.25, -0.2) is 9.97 Å². The second kappa shape index (κ2) is 8.70. The van der Waals surface area contributed by atoms with Gasteiger partial charge in [0.2, 0.25) is 17.5 Å². The number of hydrogen-bond donors (Lipinski definition) is 1. The van der Waals surface area contributed by atoms with Gasteiger partial charge >= 0.3 is 0 Å². The van der Waals surface area contributed by atoms with Crippen LogP contribution >= 0.6 is 0 Å². The molecule has 0 spiro atoms. The van der Waals surface area contributed by atoms with E-state index >= 15 is 0 Å². The smallest absolute Gasteiger partial charge is 0.240 e. The Morgan fingerprint density at radius 1 is 0.923 bits per heavy atom. The van der Waals surface area contributed by atoms with Crippen LogP contribution in [0, 0.1) is 0 Å². The van der Waals surface area contributed by atoms with Gasteiger partial charge in [0.1, 0.15) is 5.69 Å². The number of aromatic nitrogens is 7. The number of pyridine rings is 1. The van der Waals surface area contributed by atoms with Crippen molar-refractivity contribution in [3.63, 3.8) is 0 Å². The molecule has 0 fully saturated rings. The normalized spacial score (nSPS) is 11.4. The van der Waals surface area contributed by atoms with E-state index in [0.717, 1.165) is 24.9 Å². The first-order valence-corrected chi connectivity index (χ1v) is 8.57. The molecular formula is C18H20N8. The minimum atomic E-state index is 0.279. The van der Waals surface area contributed by atoms with Crippen LogP contribution in [0.1, 0.15) is 33.1 Å². The van der Waals surface area contributed by atoms with Crippen LogP contribution in [-0.4, -0.2) is 35.3 Å². The highest BCUT2D eigenvalue weighted by molar-refractivity contribution is 5.55. The third-order valence-electron chi connectivity index (χ3n) is 3.51. The van der Waals surface area contributed by atoms with Crippen molar-refractivity contribution < 1.29 is 0 Å². The number of rotatable bonds is 7. The van der Waals surface area contributed by atoms with Crippen molar-refractivity contribution in [1.82, 2.24) is 35.3 Å². The van der Waals surface area contributed by atoms with Gasteiger partial charge in [0.05, 0.1) is 11.9 Å². The van der Waals surface area contributed by atoms with Gasteiger partial charge in [-0.05, 0) is 31.0 Å². The van der Waals surface area contributed by atoms with E-state index in [2.05, 4.69) is 60.6 Å². The number of anilines is 1. The van der Waals surface area contributed by atoms with E-state index in [9.17, 15) is 0 Å². The molecule has 3 rings (SSSR count). The Morgan fingerprint density at radius 2 is 1.65 bits per heavy atom. The first kappa shape index (κ1) is 17.5. The molecule has 0 aromatic carbocycles. The molecule has 3 heterocycles. The van der Waals surface area contributed by atoms with Crippen LogP contribution in [-0.2, 0) is 0 Å². The minimum Gasteiger partial charge on any atom is -0.358 e. The quantitative estimate of drug-likeness (QED) is 0.694. The molecule has 8 heteroatoms. The summed E-state index contributed by atoms with van der Waals surface area (Å²) in [5.41, 5.74) is 2.74. The second-order valence-corrected chi connectivity index (χ2v) is 5.56. The summed E-state index contributed by atoms with van der Waals surface area (Å²) in [6.45, 7) is 4.29. The third kappa shape index (κ3) is 4.41. The van der Waals surface area contributed by atoms with E-state index in [1.54, 1.807) is 24.7 Å². The molecule has 0 radical (unpaired) electrons. The minimum absolute atomic E-state index is 0.279. The van der Waals surface area contributed by atoms with E-state index in [1.165, 1.54) is 5.70 Å². The summed E-state index contributed by atoms with van der Waals surface area (Å²) in [4.78, 5) is 12.5. The van der Waals surface area contributed by atoms with Gasteiger partial charge in [0.25, 0.3) is 0 Å². The van der Waals surface area contributed by atoms with E-state index < -0.39 is 0 Å². The molecule has 0 unspecified atom stereocenters. The predicted octanol–water partition coefficient (Wildman–Crippen LogP) is 3.29. The monoisotopic (exact) mass is 348 g/mol. The third-order valence-corrected chi connectivity index (χ3v) is 3.51. The zero-order valence-corrected chi connectivity index (χ0v) is 14.8. The molecule has 0 aliphatic carbocycles. The molecule has 0 amide bonds. The van der Waals surface area contributed by atoms with Gasteiger partial charge in [-0.15, -0.1) is 20.4 Å². The molecule has 0 aliphatic rings. The van der Waals surface area contributed by atoms with Crippen molar-refractivity contribution in [3.8, 4) is 23.2 Å². The topological polar surface area (TPSA) is 102 Å². The number of nitrogens with one attached hydrogen (secondary N) is 1. The van der Waals surface area contributed by atoms with Crippen LogP contribution in [0.5, 0.6) is 0 Å². The summed E-state index contributed by atoms with van der Waals surface area (Å²) in [5.74, 6) is 1.02. The molecule has 0 saturated heterocycles. The molecule has 0 aliphatic heterocycles. The number of hydrogen-bond acceptors (Lipinski definition) is 8. The summed E-state index contributed by atoms with van der Waals surface area (Å²) < 4.78 is 0. The standard InChI is InChI=1S/C18H20N8/c1-3-6-13(7-4-2)22-14-8-9-15(21-12-14)16-23-25-18(26-24-16)17-19-10-5-11-20-17/h5-6,8-12,22H,3-4,7H2,1-2H3/b13-6+. The van der Waals surface area contributed by atoms with Crippen LogP contribution in [0.4, 0.5) is 5.69 Å². The Bertz CT molecular complexity index is 845. The first-order chi connectivity index (χ1) is 12.8. The summed E-state index contributed by atoms with van der Waals surface area (Å²) >= 11 is 0. The van der Waals surface area contributed by atoms with E-state index in [0.29, 0.717) is 17.3 Å². The molecule has 0 saturated carbocycles. The van der Waals surface area contributed by atoms with Crippen molar-refractivity contribution in [1.29, 1.82) is 0 Å². The lowest BCUT2D eigenvalue weighted by atomic mass is 10.2. The zero-order chi connectivity index (χ0) is 18.2. The van der Waals surface area contributed by atoms with Crippen molar-refractivity contribution in [2.24, 2.45) is 0 Å². The van der Waals surface area contributed by atoms with Gasteiger partial charge in [-0.3, -0.25) is 4.98 Å².